The number of aryl methyl sites for hydroxylation is 1. The number of hydrogen-bond acceptors (Lipinski definition) is 6. The normalized spacial score (nSPS) is 18.4. The van der Waals surface area contributed by atoms with E-state index >= 15 is 8.78 Å². The Bertz CT molecular complexity index is 2550. The average Bonchev–Trinajstić information content (AvgIpc) is 3.88. The van der Waals surface area contributed by atoms with Gasteiger partial charge in [-0.25, -0.2) is 13.8 Å². The maximum atomic E-state index is 17.5. The van der Waals surface area contributed by atoms with Gasteiger partial charge in [0, 0.05) is 71.6 Å². The number of nitriles is 1. The summed E-state index contributed by atoms with van der Waals surface area (Å²) in [6.45, 7) is 2.73. The van der Waals surface area contributed by atoms with Crippen LogP contribution in [0.4, 0.5) is 8.78 Å². The molecule has 3 aliphatic rings. The SMILES string of the molecule is CNC(=O)c1ccc(-c2nc3c(F)c(-c4cccc(Cl)c4Cl)c(CCC#N)cc3c3c2cc([C@@H](C)n2ccncc2=O)n3[C@H]2[C@H]3CN[C@@H]2C3)cc1F. The van der Waals surface area contributed by atoms with E-state index in [1.54, 1.807) is 41.2 Å². The van der Waals surface area contributed by atoms with Crippen molar-refractivity contribution in [2.45, 2.75) is 44.3 Å². The molecule has 6 aromatic rings. The Hall–Kier alpha value is -5.15. The van der Waals surface area contributed by atoms with Gasteiger partial charge in [0.05, 0.1) is 51.2 Å². The summed E-state index contributed by atoms with van der Waals surface area (Å²) in [6.07, 6.45) is 5.76. The van der Waals surface area contributed by atoms with Crippen molar-refractivity contribution in [1.82, 2.24) is 29.7 Å². The van der Waals surface area contributed by atoms with Crippen LogP contribution in [0.15, 0.2) is 71.9 Å². The third-order valence-corrected chi connectivity index (χ3v) is 11.4. The second kappa shape index (κ2) is 13.1. The summed E-state index contributed by atoms with van der Waals surface area (Å²) in [5.41, 5.74) is 2.75. The molecule has 1 amide bonds. The zero-order valence-electron chi connectivity index (χ0n) is 28.1. The Morgan fingerprint density at radius 1 is 1.17 bits per heavy atom. The first-order chi connectivity index (χ1) is 25.1. The fourth-order valence-corrected chi connectivity index (χ4v) is 8.43. The smallest absolute Gasteiger partial charge is 0.269 e. The molecule has 3 aromatic heterocycles. The van der Waals surface area contributed by atoms with Gasteiger partial charge in [-0.2, -0.15) is 5.26 Å². The average molecular weight is 739 g/mol. The highest BCUT2D eigenvalue weighted by Crippen LogP contribution is 2.50. The third-order valence-electron chi connectivity index (χ3n) is 10.6. The van der Waals surface area contributed by atoms with E-state index < -0.39 is 23.6 Å². The zero-order chi connectivity index (χ0) is 36.4. The quantitative estimate of drug-likeness (QED) is 0.166. The molecule has 9 nitrogen and oxygen atoms in total. The summed E-state index contributed by atoms with van der Waals surface area (Å²) in [5, 5.41) is 17.2. The maximum Gasteiger partial charge on any atom is 0.269 e. The summed E-state index contributed by atoms with van der Waals surface area (Å²) in [4.78, 5) is 34.5. The van der Waals surface area contributed by atoms with Crippen molar-refractivity contribution < 1.29 is 13.6 Å². The number of carbonyl (C=O) groups excluding carboxylic acids is 1. The number of benzene rings is 3. The zero-order valence-corrected chi connectivity index (χ0v) is 29.6. The number of rotatable bonds is 8. The Morgan fingerprint density at radius 2 is 2.00 bits per heavy atom. The standard InChI is InChI=1S/C39H31Cl2F2N7O2/c1-19(49-12-11-46-18-31(49)51)30-16-26-35(21-8-9-23(28(42)14-21)39(52)45-2)48-36-25(38(26)50(30)37-22-15-29(37)47-17-22)13-20(5-4-10-44)32(34(36)43)24-6-3-7-27(40)33(24)41/h3,6-9,11-14,16,18-19,22,29,37,47H,4-5,15,17H2,1-2H3,(H,45,52)/t19-,22-,29-,37+/m1/s1. The first-order valence-electron chi connectivity index (χ1n) is 16.9. The molecule has 2 aliphatic heterocycles. The molecule has 1 aliphatic carbocycles. The van der Waals surface area contributed by atoms with Crippen molar-refractivity contribution in [3.05, 3.63) is 116 Å². The van der Waals surface area contributed by atoms with Gasteiger partial charge in [0.1, 0.15) is 11.3 Å². The fraction of sp³-hybridized carbons (Fsp3) is 0.256. The summed E-state index contributed by atoms with van der Waals surface area (Å²) < 4.78 is 36.9. The highest BCUT2D eigenvalue weighted by Gasteiger charge is 2.49. The van der Waals surface area contributed by atoms with Crippen LogP contribution in [0.2, 0.25) is 10.0 Å². The van der Waals surface area contributed by atoms with Crippen LogP contribution in [0.5, 0.6) is 0 Å². The van der Waals surface area contributed by atoms with Crippen molar-refractivity contribution in [2.75, 3.05) is 13.6 Å². The van der Waals surface area contributed by atoms with Crippen LogP contribution in [0.25, 0.3) is 44.2 Å². The van der Waals surface area contributed by atoms with Crippen molar-refractivity contribution in [2.24, 2.45) is 5.92 Å². The molecule has 13 heteroatoms. The largest absolute Gasteiger partial charge is 0.355 e. The summed E-state index contributed by atoms with van der Waals surface area (Å²) in [7, 11) is 1.42. The minimum absolute atomic E-state index is 0.0179. The van der Waals surface area contributed by atoms with Crippen LogP contribution in [0.1, 0.15) is 53.5 Å². The number of halogens is 4. The van der Waals surface area contributed by atoms with E-state index in [1.165, 1.54) is 25.4 Å². The lowest BCUT2D eigenvalue weighted by molar-refractivity contribution is 0.0959. The van der Waals surface area contributed by atoms with Crippen LogP contribution in [0, 0.1) is 28.9 Å². The van der Waals surface area contributed by atoms with Crippen molar-refractivity contribution in [3.8, 4) is 28.5 Å². The first kappa shape index (κ1) is 34.0. The minimum Gasteiger partial charge on any atom is -0.355 e. The molecule has 2 N–H and O–H groups in total. The Balaban J connectivity index is 1.52. The molecule has 9 rings (SSSR count). The predicted molar refractivity (Wildman–Crippen MR) is 197 cm³/mol. The summed E-state index contributed by atoms with van der Waals surface area (Å²) in [6, 6.07) is 14.8. The molecule has 52 heavy (non-hydrogen) atoms. The highest BCUT2D eigenvalue weighted by atomic mass is 35.5. The molecule has 1 saturated carbocycles. The van der Waals surface area contributed by atoms with Gasteiger partial charge >= 0.3 is 0 Å². The van der Waals surface area contributed by atoms with Crippen LogP contribution in [0.3, 0.4) is 0 Å². The van der Waals surface area contributed by atoms with Gasteiger partial charge in [0.2, 0.25) is 0 Å². The molecule has 0 radical (unpaired) electrons. The number of amides is 1. The molecule has 0 unspecified atom stereocenters. The van der Waals surface area contributed by atoms with Gasteiger partial charge in [-0.15, -0.1) is 0 Å². The minimum atomic E-state index is -0.761. The second-order valence-electron chi connectivity index (χ2n) is 13.3. The number of nitrogens with zero attached hydrogens (tertiary/aromatic N) is 5. The lowest BCUT2D eigenvalue weighted by atomic mass is 9.79. The molecular formula is C39H31Cl2F2N7O2. The van der Waals surface area contributed by atoms with Crippen LogP contribution >= 0.6 is 23.2 Å². The van der Waals surface area contributed by atoms with E-state index in [9.17, 15) is 14.9 Å². The van der Waals surface area contributed by atoms with Crippen LogP contribution in [-0.2, 0) is 6.42 Å². The van der Waals surface area contributed by atoms with Crippen molar-refractivity contribution in [3.63, 3.8) is 0 Å². The number of hydrogen-bond donors (Lipinski definition) is 2. The third kappa shape index (κ3) is 5.28. The Kier molecular flexibility index (Phi) is 8.57. The van der Waals surface area contributed by atoms with Crippen LogP contribution in [-0.4, -0.2) is 44.6 Å². The number of aromatic nitrogens is 4. The van der Waals surface area contributed by atoms with E-state index in [4.69, 9.17) is 28.2 Å². The van der Waals surface area contributed by atoms with E-state index in [2.05, 4.69) is 26.3 Å². The van der Waals surface area contributed by atoms with Gasteiger partial charge in [0.25, 0.3) is 11.5 Å². The van der Waals surface area contributed by atoms with Gasteiger partial charge in [-0.1, -0.05) is 41.4 Å². The summed E-state index contributed by atoms with van der Waals surface area (Å²) >= 11 is 13.1. The molecule has 0 spiro atoms. The van der Waals surface area contributed by atoms with Gasteiger partial charge in [-0.3, -0.25) is 14.6 Å². The molecule has 4 atom stereocenters. The monoisotopic (exact) mass is 737 g/mol. The first-order valence-corrected chi connectivity index (χ1v) is 17.7. The van der Waals surface area contributed by atoms with E-state index in [0.717, 1.165) is 18.7 Å². The van der Waals surface area contributed by atoms with E-state index in [-0.39, 0.29) is 63.1 Å². The lowest BCUT2D eigenvalue weighted by Crippen LogP contribution is -2.40. The van der Waals surface area contributed by atoms with Gasteiger partial charge in [-0.05, 0) is 61.6 Å². The van der Waals surface area contributed by atoms with Gasteiger partial charge in [0.15, 0.2) is 5.82 Å². The molecule has 3 aromatic carbocycles. The number of nitrogens with one attached hydrogen (secondary N) is 2. The van der Waals surface area contributed by atoms with Crippen molar-refractivity contribution >= 4 is 50.9 Å². The maximum absolute atomic E-state index is 17.5. The van der Waals surface area contributed by atoms with E-state index in [1.807, 2.05) is 19.1 Å². The van der Waals surface area contributed by atoms with Gasteiger partial charge < -0.3 is 19.8 Å². The number of pyridine rings is 1. The number of fused-ring (bicyclic) bond motifs is 4. The molecule has 262 valence electrons. The second-order valence-corrected chi connectivity index (χ2v) is 14.1. The highest BCUT2D eigenvalue weighted by molar-refractivity contribution is 6.43. The summed E-state index contributed by atoms with van der Waals surface area (Å²) in [5.74, 6) is -1.73. The lowest BCUT2D eigenvalue weighted by Gasteiger charge is -2.38. The number of carbonyl (C=O) groups is 1. The Morgan fingerprint density at radius 3 is 2.69 bits per heavy atom. The molecule has 2 bridgehead atoms. The topological polar surface area (TPSA) is 118 Å². The molecule has 5 heterocycles. The molecular weight excluding hydrogens is 707 g/mol. The van der Waals surface area contributed by atoms with Crippen LogP contribution < -0.4 is 16.2 Å². The molecule has 3 fully saturated rings. The van der Waals surface area contributed by atoms with E-state index in [0.29, 0.717) is 38.7 Å². The Labute approximate surface area is 306 Å². The van der Waals surface area contributed by atoms with Crippen molar-refractivity contribution in [1.29, 1.82) is 5.26 Å². The molecule has 2 saturated heterocycles. The fourth-order valence-electron chi connectivity index (χ4n) is 8.03. The predicted octanol–water partition coefficient (Wildman–Crippen LogP) is 7.62.